The molecule has 0 aromatic rings. The molecule has 0 unspecified atom stereocenters. The zero-order chi connectivity index (χ0) is 22.0. The average Bonchev–Trinajstić information content (AvgIpc) is 2.65. The van der Waals surface area contributed by atoms with Crippen LogP contribution in [0.15, 0.2) is 12.2 Å². The van der Waals surface area contributed by atoms with Crippen molar-refractivity contribution in [1.29, 1.82) is 0 Å². The van der Waals surface area contributed by atoms with Gasteiger partial charge in [0.15, 0.2) is 6.10 Å². The van der Waals surface area contributed by atoms with Crippen LogP contribution in [0.1, 0.15) is 27.2 Å². The SMILES string of the molecule is CC(=O)C(=O)O[C@H]1C(=O)NCCC(=O)NCCSC(=O)/C=C/C(=O)OCC1(C)C. The standard InChI is InChI=1S/C18H24N2O8S/c1-11(21)17(26)28-15-16(25)20-7-6-12(22)19-8-9-29-14(24)5-4-13(23)27-10-18(15,2)3/h4-5,15H,6-10H2,1-3H3,(H,19,22)(H,20,25)/b5-4+/t15-/m0/s1. The summed E-state index contributed by atoms with van der Waals surface area (Å²) in [5, 5.41) is 4.68. The Balaban J connectivity index is 3.02. The van der Waals surface area contributed by atoms with E-state index in [1.807, 2.05) is 0 Å². The topological polar surface area (TPSA) is 145 Å². The number of rotatable bonds is 2. The van der Waals surface area contributed by atoms with E-state index in [0.717, 1.165) is 30.8 Å². The van der Waals surface area contributed by atoms with Crippen molar-refractivity contribution in [3.05, 3.63) is 12.2 Å². The van der Waals surface area contributed by atoms with Crippen LogP contribution in [0.3, 0.4) is 0 Å². The Hall–Kier alpha value is -2.69. The van der Waals surface area contributed by atoms with Crippen LogP contribution in [-0.2, 0) is 38.2 Å². The summed E-state index contributed by atoms with van der Waals surface area (Å²) in [6, 6.07) is 0. The molecule has 0 fully saturated rings. The van der Waals surface area contributed by atoms with Crippen molar-refractivity contribution in [2.75, 3.05) is 25.4 Å². The van der Waals surface area contributed by atoms with Gasteiger partial charge in [0, 0.05) is 43.7 Å². The van der Waals surface area contributed by atoms with Crippen LogP contribution in [-0.4, -0.2) is 66.2 Å². The van der Waals surface area contributed by atoms with E-state index in [9.17, 15) is 28.8 Å². The van der Waals surface area contributed by atoms with Gasteiger partial charge < -0.3 is 20.1 Å². The minimum atomic E-state index is -1.45. The maximum atomic E-state index is 12.5. The Morgan fingerprint density at radius 3 is 2.48 bits per heavy atom. The largest absolute Gasteiger partial charge is 0.462 e. The number of hydrogen-bond donors (Lipinski definition) is 2. The summed E-state index contributed by atoms with van der Waals surface area (Å²) >= 11 is 0.923. The number of Topliss-reactive ketones (excluding diaryl/α,β-unsaturated/α-hetero) is 1. The smallest absolute Gasteiger partial charge is 0.375 e. The lowest BCUT2D eigenvalue weighted by Crippen LogP contribution is -2.50. The number of cyclic esters (lactones) is 1. The molecule has 2 amide bonds. The van der Waals surface area contributed by atoms with Gasteiger partial charge in [-0.15, -0.1) is 0 Å². The molecule has 11 heteroatoms. The average molecular weight is 428 g/mol. The quantitative estimate of drug-likeness (QED) is 0.439. The Morgan fingerprint density at radius 2 is 1.83 bits per heavy atom. The van der Waals surface area contributed by atoms with Crippen LogP contribution < -0.4 is 10.6 Å². The zero-order valence-corrected chi connectivity index (χ0v) is 17.3. The maximum absolute atomic E-state index is 12.5. The minimum absolute atomic E-state index is 0.0347. The van der Waals surface area contributed by atoms with E-state index in [1.54, 1.807) is 0 Å². The molecule has 0 radical (unpaired) electrons. The van der Waals surface area contributed by atoms with Crippen LogP contribution >= 0.6 is 11.8 Å². The normalized spacial score (nSPS) is 23.1. The fourth-order valence-electron chi connectivity index (χ4n) is 2.15. The van der Waals surface area contributed by atoms with E-state index < -0.39 is 35.1 Å². The number of amides is 2. The van der Waals surface area contributed by atoms with Crippen molar-refractivity contribution >= 4 is 46.4 Å². The fraction of sp³-hybridized carbons (Fsp3) is 0.556. The van der Waals surface area contributed by atoms with Gasteiger partial charge in [0.25, 0.3) is 5.91 Å². The third-order valence-corrected chi connectivity index (χ3v) is 4.55. The molecule has 0 aliphatic carbocycles. The molecule has 1 aliphatic rings. The van der Waals surface area contributed by atoms with Gasteiger partial charge in [-0.1, -0.05) is 25.6 Å². The first kappa shape index (κ1) is 24.3. The maximum Gasteiger partial charge on any atom is 0.375 e. The first-order chi connectivity index (χ1) is 13.5. The number of esters is 2. The molecule has 1 aliphatic heterocycles. The molecule has 1 atom stereocenters. The van der Waals surface area contributed by atoms with Crippen LogP contribution in [0.5, 0.6) is 0 Å². The molecule has 0 aromatic carbocycles. The molecule has 0 saturated carbocycles. The van der Waals surface area contributed by atoms with Gasteiger partial charge in [0.05, 0.1) is 0 Å². The van der Waals surface area contributed by atoms with Gasteiger partial charge in [0.1, 0.15) is 6.61 Å². The molecule has 10 nitrogen and oxygen atoms in total. The summed E-state index contributed by atoms with van der Waals surface area (Å²) in [6.07, 6.45) is 0.498. The van der Waals surface area contributed by atoms with Crippen LogP contribution in [0.25, 0.3) is 0 Å². The van der Waals surface area contributed by atoms with Crippen molar-refractivity contribution in [3.8, 4) is 0 Å². The Kier molecular flexibility index (Phi) is 9.53. The summed E-state index contributed by atoms with van der Waals surface area (Å²) in [6.45, 7) is 3.86. The highest BCUT2D eigenvalue weighted by Gasteiger charge is 2.40. The molecular weight excluding hydrogens is 404 g/mol. The highest BCUT2D eigenvalue weighted by atomic mass is 32.2. The van der Waals surface area contributed by atoms with E-state index in [-0.39, 0.29) is 37.1 Å². The molecule has 1 rings (SSSR count). The predicted octanol–water partition coefficient (Wildman–Crippen LogP) is -0.491. The highest BCUT2D eigenvalue weighted by molar-refractivity contribution is 8.14. The van der Waals surface area contributed by atoms with Gasteiger partial charge in [-0.2, -0.15) is 0 Å². The zero-order valence-electron chi connectivity index (χ0n) is 16.4. The van der Waals surface area contributed by atoms with Crippen LogP contribution in [0, 0.1) is 5.41 Å². The monoisotopic (exact) mass is 428 g/mol. The number of hydrogen-bond acceptors (Lipinski definition) is 9. The summed E-state index contributed by atoms with van der Waals surface area (Å²) in [4.78, 5) is 70.8. The highest BCUT2D eigenvalue weighted by Crippen LogP contribution is 2.25. The number of ether oxygens (including phenoxy) is 2. The predicted molar refractivity (Wildman–Crippen MR) is 103 cm³/mol. The molecule has 160 valence electrons. The van der Waals surface area contributed by atoms with Crippen molar-refractivity contribution in [3.63, 3.8) is 0 Å². The summed E-state index contributed by atoms with van der Waals surface area (Å²) in [5.74, 6) is -3.69. The van der Waals surface area contributed by atoms with E-state index in [1.165, 1.54) is 13.8 Å². The number of ketones is 1. The number of nitrogens with one attached hydrogen (secondary N) is 2. The summed E-state index contributed by atoms with van der Waals surface area (Å²) in [7, 11) is 0. The van der Waals surface area contributed by atoms with Gasteiger partial charge in [0.2, 0.25) is 16.8 Å². The third-order valence-electron chi connectivity index (χ3n) is 3.72. The van der Waals surface area contributed by atoms with Crippen molar-refractivity contribution in [1.82, 2.24) is 10.6 Å². The molecule has 2 N–H and O–H groups in total. The van der Waals surface area contributed by atoms with E-state index in [0.29, 0.717) is 5.75 Å². The first-order valence-electron chi connectivity index (χ1n) is 8.80. The second-order valence-electron chi connectivity index (χ2n) is 6.83. The fourth-order valence-corrected chi connectivity index (χ4v) is 2.72. The minimum Gasteiger partial charge on any atom is -0.462 e. The Bertz CT molecular complexity index is 717. The molecule has 0 spiro atoms. The van der Waals surface area contributed by atoms with E-state index in [2.05, 4.69) is 10.6 Å². The second kappa shape index (κ2) is 11.3. The van der Waals surface area contributed by atoms with Crippen molar-refractivity contribution in [2.24, 2.45) is 5.41 Å². The van der Waals surface area contributed by atoms with E-state index in [4.69, 9.17) is 9.47 Å². The molecule has 0 saturated heterocycles. The summed E-state index contributed by atoms with van der Waals surface area (Å²) in [5.41, 5.74) is -1.20. The number of carbonyl (C=O) groups excluding carboxylic acids is 6. The Labute approximate surface area is 172 Å². The Morgan fingerprint density at radius 1 is 1.14 bits per heavy atom. The second-order valence-corrected chi connectivity index (χ2v) is 7.93. The number of thioether (sulfide) groups is 1. The lowest BCUT2D eigenvalue weighted by Gasteiger charge is -2.31. The van der Waals surface area contributed by atoms with Gasteiger partial charge >= 0.3 is 11.9 Å². The van der Waals surface area contributed by atoms with Crippen LogP contribution in [0.4, 0.5) is 0 Å². The number of carbonyl (C=O) groups is 6. The molecule has 0 aromatic heterocycles. The molecular formula is C18H24N2O8S. The van der Waals surface area contributed by atoms with E-state index >= 15 is 0 Å². The molecule has 29 heavy (non-hydrogen) atoms. The lowest BCUT2D eigenvalue weighted by atomic mass is 9.86. The van der Waals surface area contributed by atoms with Gasteiger partial charge in [-0.3, -0.25) is 19.2 Å². The van der Waals surface area contributed by atoms with Gasteiger partial charge in [-0.25, -0.2) is 9.59 Å². The van der Waals surface area contributed by atoms with Crippen molar-refractivity contribution < 1.29 is 38.2 Å². The molecule has 0 bridgehead atoms. The third kappa shape index (κ3) is 8.90. The van der Waals surface area contributed by atoms with Crippen molar-refractivity contribution in [2.45, 2.75) is 33.3 Å². The first-order valence-corrected chi connectivity index (χ1v) is 9.79. The summed E-state index contributed by atoms with van der Waals surface area (Å²) < 4.78 is 10.1. The van der Waals surface area contributed by atoms with Gasteiger partial charge in [-0.05, 0) is 6.08 Å². The lowest BCUT2D eigenvalue weighted by molar-refractivity contribution is -0.170. The van der Waals surface area contributed by atoms with Crippen LogP contribution in [0.2, 0.25) is 0 Å². The molecule has 1 heterocycles.